The molecule has 0 unspecified atom stereocenters. The van der Waals surface area contributed by atoms with Gasteiger partial charge in [0, 0.05) is 6.42 Å². The van der Waals surface area contributed by atoms with Crippen molar-refractivity contribution in [2.45, 2.75) is 110 Å². The number of aliphatic hydroxyl groups is 1. The third-order valence-corrected chi connectivity index (χ3v) is 3.78. The summed E-state index contributed by atoms with van der Waals surface area (Å²) in [4.78, 5) is 20.7. The minimum atomic E-state index is -0.197. The van der Waals surface area contributed by atoms with Gasteiger partial charge in [0.15, 0.2) is 0 Å². The average Bonchev–Trinajstić information content (AvgIpc) is 2.72. The molecule has 0 amide bonds. The van der Waals surface area contributed by atoms with E-state index in [2.05, 4.69) is 32.9 Å². The van der Waals surface area contributed by atoms with E-state index in [1.807, 2.05) is 13.2 Å². The van der Waals surface area contributed by atoms with Crippen LogP contribution in [0, 0.1) is 13.8 Å². The standard InChI is InChI=1S/C15H27O3.C7H13O.C3H7.Ni/c1-2-3-4-5-6-7-8-9-10-11-12-15(17)18-14-13-16;1-2-3-4-5-6-7-8;1-3-2;/h5-6,16H,1-4,7-14H2;2-6H2,1H3;1,3H2,2H3;/q3*-1;+3/b6-5-;;;. The number of esters is 1. The molecule has 0 atom stereocenters. The van der Waals surface area contributed by atoms with Gasteiger partial charge in [0.25, 0.3) is 0 Å². The Morgan fingerprint density at radius 3 is 2.03 bits per heavy atom. The van der Waals surface area contributed by atoms with Gasteiger partial charge >= 0.3 is 22.5 Å². The topological polar surface area (TPSA) is 63.6 Å². The molecule has 4 nitrogen and oxygen atoms in total. The van der Waals surface area contributed by atoms with Gasteiger partial charge in [-0.3, -0.25) is 11.1 Å². The molecule has 0 aromatic carbocycles. The molecule has 0 heterocycles. The van der Waals surface area contributed by atoms with E-state index in [0.717, 1.165) is 51.4 Å². The van der Waals surface area contributed by atoms with E-state index in [4.69, 9.17) is 9.84 Å². The Hall–Kier alpha value is -0.666. The number of hydrogen-bond donors (Lipinski definition) is 1. The van der Waals surface area contributed by atoms with Gasteiger partial charge in [-0.25, -0.2) is 0 Å². The summed E-state index contributed by atoms with van der Waals surface area (Å²) < 4.78 is 4.77. The normalized spacial score (nSPS) is 9.63. The largest absolute Gasteiger partial charge is 3.00 e. The summed E-state index contributed by atoms with van der Waals surface area (Å²) in [6, 6.07) is 0. The van der Waals surface area contributed by atoms with Crippen molar-refractivity contribution in [1.29, 1.82) is 0 Å². The Morgan fingerprint density at radius 2 is 1.50 bits per heavy atom. The summed E-state index contributed by atoms with van der Waals surface area (Å²) in [5, 5.41) is 8.47. The van der Waals surface area contributed by atoms with Crippen molar-refractivity contribution in [1.82, 2.24) is 0 Å². The van der Waals surface area contributed by atoms with E-state index >= 15 is 0 Å². The van der Waals surface area contributed by atoms with Crippen LogP contribution in [0.5, 0.6) is 0 Å². The molecule has 0 bridgehead atoms. The van der Waals surface area contributed by atoms with Gasteiger partial charge in [-0.2, -0.15) is 19.3 Å². The van der Waals surface area contributed by atoms with E-state index in [9.17, 15) is 9.59 Å². The summed E-state index contributed by atoms with van der Waals surface area (Å²) in [5.74, 6) is -0.197. The molecule has 0 fully saturated rings. The van der Waals surface area contributed by atoms with E-state index in [1.165, 1.54) is 32.1 Å². The van der Waals surface area contributed by atoms with Crippen LogP contribution < -0.4 is 0 Å². The molecule has 0 aromatic heterocycles. The Kier molecular flexibility index (Phi) is 47.6. The molecule has 5 heteroatoms. The number of unbranched alkanes of at least 4 members (excludes halogenated alkanes) is 10. The molecule has 181 valence electrons. The minimum absolute atomic E-state index is 0. The van der Waals surface area contributed by atoms with Crippen molar-refractivity contribution in [3.63, 3.8) is 0 Å². The van der Waals surface area contributed by atoms with Gasteiger partial charge in [0.2, 0.25) is 0 Å². The van der Waals surface area contributed by atoms with E-state index in [-0.39, 0.29) is 35.7 Å². The Balaban J connectivity index is -0.000000235. The number of allylic oxidation sites excluding steroid dienone is 2. The van der Waals surface area contributed by atoms with Crippen molar-refractivity contribution < 1.29 is 35.9 Å². The zero-order valence-electron chi connectivity index (χ0n) is 19.6. The fourth-order valence-corrected chi connectivity index (χ4v) is 2.24. The molecule has 0 spiro atoms. The van der Waals surface area contributed by atoms with Crippen molar-refractivity contribution in [2.24, 2.45) is 0 Å². The van der Waals surface area contributed by atoms with E-state index in [0.29, 0.717) is 12.8 Å². The minimum Gasteiger partial charge on any atom is -0.542 e. The first-order valence-electron chi connectivity index (χ1n) is 11.5. The maximum absolute atomic E-state index is 11.1. The zero-order valence-corrected chi connectivity index (χ0v) is 20.6. The van der Waals surface area contributed by atoms with Crippen LogP contribution in [0.1, 0.15) is 110 Å². The second-order valence-electron chi connectivity index (χ2n) is 6.82. The number of carbonyl (C=O) groups excluding carboxylic acids is 2. The van der Waals surface area contributed by atoms with Crippen molar-refractivity contribution in [3.8, 4) is 0 Å². The van der Waals surface area contributed by atoms with Gasteiger partial charge in [-0.05, 0) is 25.7 Å². The number of carbonyl (C=O) groups is 1. The van der Waals surface area contributed by atoms with Crippen LogP contribution in [0.25, 0.3) is 0 Å². The number of rotatable bonds is 17. The Labute approximate surface area is 197 Å². The van der Waals surface area contributed by atoms with Crippen molar-refractivity contribution >= 4 is 12.3 Å². The fourth-order valence-electron chi connectivity index (χ4n) is 2.24. The van der Waals surface area contributed by atoms with Crippen LogP contribution in [0.15, 0.2) is 12.2 Å². The first-order valence-corrected chi connectivity index (χ1v) is 11.5. The summed E-state index contributed by atoms with van der Waals surface area (Å²) in [7, 11) is 0. The zero-order chi connectivity index (χ0) is 22.4. The molecule has 0 saturated heterocycles. The first-order chi connectivity index (χ1) is 14.1. The second-order valence-corrected chi connectivity index (χ2v) is 6.82. The molecule has 0 saturated carbocycles. The first kappa shape index (κ1) is 36.7. The number of hydrogen-bond acceptors (Lipinski definition) is 4. The van der Waals surface area contributed by atoms with Gasteiger partial charge in [0.1, 0.15) is 6.61 Å². The molecular formula is C25H47NiO4. The molecule has 30 heavy (non-hydrogen) atoms. The van der Waals surface area contributed by atoms with Gasteiger partial charge in [0.05, 0.1) is 6.61 Å². The van der Waals surface area contributed by atoms with Crippen molar-refractivity contribution in [2.75, 3.05) is 13.2 Å². The van der Waals surface area contributed by atoms with Crippen molar-refractivity contribution in [3.05, 3.63) is 26.0 Å². The SMILES string of the molecule is CCCCCC[C-]=O.[CH2-]CC.[CH2-]CCC/C=C\CCCCCCC(=O)OCCO.[Ni+3]. The number of ether oxygens (including phenoxy) is 1. The molecule has 0 aliphatic rings. The third kappa shape index (κ3) is 45.8. The van der Waals surface area contributed by atoms with Crippen LogP contribution in [0.2, 0.25) is 0 Å². The third-order valence-electron chi connectivity index (χ3n) is 3.78. The summed E-state index contributed by atoms with van der Waals surface area (Å²) >= 11 is 0. The second kappa shape index (κ2) is 38.9. The summed E-state index contributed by atoms with van der Waals surface area (Å²) in [6.07, 6.45) is 21.9. The molecule has 1 N–H and O–H groups in total. The predicted molar refractivity (Wildman–Crippen MR) is 124 cm³/mol. The van der Waals surface area contributed by atoms with E-state index < -0.39 is 0 Å². The molecule has 0 aromatic rings. The monoisotopic (exact) mass is 469 g/mol. The van der Waals surface area contributed by atoms with E-state index in [1.54, 1.807) is 0 Å². The van der Waals surface area contributed by atoms with Crippen LogP contribution in [0.3, 0.4) is 0 Å². The molecule has 0 aliphatic heterocycles. The fraction of sp³-hybridized carbons (Fsp3) is 0.760. The molecule has 0 rings (SSSR count). The van der Waals surface area contributed by atoms with Crippen LogP contribution in [-0.2, 0) is 30.8 Å². The quantitative estimate of drug-likeness (QED) is 0.0843. The van der Waals surface area contributed by atoms with Gasteiger partial charge in [-0.1, -0.05) is 70.9 Å². The molecular weight excluding hydrogens is 423 g/mol. The summed E-state index contributed by atoms with van der Waals surface area (Å²) in [6.45, 7) is 11.5. The van der Waals surface area contributed by atoms with Crippen LogP contribution in [0.4, 0.5) is 0 Å². The predicted octanol–water partition coefficient (Wildman–Crippen LogP) is 6.72. The van der Waals surface area contributed by atoms with Crippen LogP contribution in [-0.4, -0.2) is 30.6 Å². The van der Waals surface area contributed by atoms with Gasteiger partial charge < -0.3 is 28.5 Å². The molecule has 0 aliphatic carbocycles. The van der Waals surface area contributed by atoms with Gasteiger partial charge in [-0.15, -0.1) is 0 Å². The molecule has 1 radical (unpaired) electrons. The summed E-state index contributed by atoms with van der Waals surface area (Å²) in [5.41, 5.74) is 0. The average molecular weight is 470 g/mol. The Morgan fingerprint density at radius 1 is 0.933 bits per heavy atom. The smallest absolute Gasteiger partial charge is 0.542 e. The Bertz CT molecular complexity index is 333. The van der Waals surface area contributed by atoms with Crippen LogP contribution >= 0.6 is 0 Å². The maximum atomic E-state index is 11.1. The maximum Gasteiger partial charge on any atom is 3.00 e. The number of aliphatic hydroxyl groups excluding tert-OH is 1.